The lowest BCUT2D eigenvalue weighted by molar-refractivity contribution is -0.145. The summed E-state index contributed by atoms with van der Waals surface area (Å²) in [6.45, 7) is 4.28. The van der Waals surface area contributed by atoms with Crippen molar-refractivity contribution in [1.82, 2.24) is 4.31 Å². The van der Waals surface area contributed by atoms with Crippen molar-refractivity contribution in [2.45, 2.75) is 31.2 Å². The highest BCUT2D eigenvalue weighted by molar-refractivity contribution is 7.89. The van der Waals surface area contributed by atoms with Crippen LogP contribution in [0.15, 0.2) is 23.1 Å². The van der Waals surface area contributed by atoms with Crippen molar-refractivity contribution in [2.24, 2.45) is 0 Å². The van der Waals surface area contributed by atoms with E-state index >= 15 is 0 Å². The number of carboxylic acid groups (broad SMARTS) is 1. The van der Waals surface area contributed by atoms with Gasteiger partial charge in [0.05, 0.1) is 4.90 Å². The summed E-state index contributed by atoms with van der Waals surface area (Å²) in [4.78, 5) is 11.2. The number of benzene rings is 1. The quantitative estimate of drug-likeness (QED) is 0.924. The standard InChI is InChI=1S/C12H16ClNO4S/c1-8-5-6-9(13)7-10(8)19(17,18)14(4)12(2,3)11(15)16/h5-7H,1-4H3,(H,15,16). The van der Waals surface area contributed by atoms with Gasteiger partial charge in [-0.25, -0.2) is 8.42 Å². The molecule has 0 unspecified atom stereocenters. The van der Waals surface area contributed by atoms with E-state index in [0.29, 0.717) is 5.56 Å². The number of likely N-dealkylation sites (N-methyl/N-ethyl adjacent to an activating group) is 1. The van der Waals surface area contributed by atoms with E-state index in [-0.39, 0.29) is 9.92 Å². The molecule has 1 N–H and O–H groups in total. The van der Waals surface area contributed by atoms with Crippen LogP contribution in [0.25, 0.3) is 0 Å². The third-order valence-electron chi connectivity index (χ3n) is 3.10. The van der Waals surface area contributed by atoms with Crippen molar-refractivity contribution in [2.75, 3.05) is 7.05 Å². The third kappa shape index (κ3) is 2.91. The van der Waals surface area contributed by atoms with E-state index in [9.17, 15) is 13.2 Å². The molecule has 0 amide bonds. The number of hydrogen-bond acceptors (Lipinski definition) is 3. The lowest BCUT2D eigenvalue weighted by Crippen LogP contribution is -2.50. The Kier molecular flexibility index (Phi) is 4.29. The molecule has 0 fully saturated rings. The van der Waals surface area contributed by atoms with Gasteiger partial charge in [0.25, 0.3) is 0 Å². The molecule has 1 aromatic carbocycles. The molecule has 19 heavy (non-hydrogen) atoms. The predicted octanol–water partition coefficient (Wildman–Crippen LogP) is 2.13. The van der Waals surface area contributed by atoms with Crippen LogP contribution in [0.5, 0.6) is 0 Å². The molecule has 0 aromatic heterocycles. The Morgan fingerprint density at radius 3 is 2.37 bits per heavy atom. The number of aliphatic carboxylic acids is 1. The summed E-state index contributed by atoms with van der Waals surface area (Å²) in [6, 6.07) is 4.48. The molecule has 0 aliphatic rings. The minimum atomic E-state index is -3.93. The SMILES string of the molecule is Cc1ccc(Cl)cc1S(=O)(=O)N(C)C(C)(C)C(=O)O. The number of carboxylic acids is 1. The van der Waals surface area contributed by atoms with Crippen molar-refractivity contribution in [1.29, 1.82) is 0 Å². The number of halogens is 1. The zero-order valence-electron chi connectivity index (χ0n) is 11.1. The highest BCUT2D eigenvalue weighted by Gasteiger charge is 2.40. The summed E-state index contributed by atoms with van der Waals surface area (Å²) in [5.41, 5.74) is -1.04. The summed E-state index contributed by atoms with van der Waals surface area (Å²) < 4.78 is 25.8. The molecule has 0 spiro atoms. The summed E-state index contributed by atoms with van der Waals surface area (Å²) in [5, 5.41) is 9.40. The minimum Gasteiger partial charge on any atom is -0.480 e. The van der Waals surface area contributed by atoms with Gasteiger partial charge < -0.3 is 5.11 Å². The fourth-order valence-electron chi connectivity index (χ4n) is 1.43. The van der Waals surface area contributed by atoms with Crippen LogP contribution < -0.4 is 0 Å². The molecule has 5 nitrogen and oxygen atoms in total. The monoisotopic (exact) mass is 305 g/mol. The van der Waals surface area contributed by atoms with Crippen LogP contribution in [-0.4, -0.2) is 36.4 Å². The highest BCUT2D eigenvalue weighted by Crippen LogP contribution is 2.27. The molecule has 0 bridgehead atoms. The maximum Gasteiger partial charge on any atom is 0.324 e. The molecule has 1 rings (SSSR count). The van der Waals surface area contributed by atoms with Gasteiger partial charge in [-0.15, -0.1) is 0 Å². The first-order valence-corrected chi connectivity index (χ1v) is 7.31. The molecular formula is C12H16ClNO4S. The topological polar surface area (TPSA) is 74.7 Å². The molecular weight excluding hydrogens is 290 g/mol. The van der Waals surface area contributed by atoms with Crippen LogP contribution in [0.1, 0.15) is 19.4 Å². The van der Waals surface area contributed by atoms with Crippen molar-refractivity contribution < 1.29 is 18.3 Å². The maximum atomic E-state index is 12.5. The third-order valence-corrected chi connectivity index (χ3v) is 5.51. The summed E-state index contributed by atoms with van der Waals surface area (Å²) in [5.74, 6) is -1.22. The Labute approximate surface area is 117 Å². The number of aryl methyl sites for hydroxylation is 1. The summed E-state index contributed by atoms with van der Waals surface area (Å²) in [6.07, 6.45) is 0. The first-order valence-electron chi connectivity index (χ1n) is 5.50. The van der Waals surface area contributed by atoms with Gasteiger partial charge in [0.1, 0.15) is 5.54 Å². The second-order valence-corrected chi connectivity index (χ2v) is 7.12. The van der Waals surface area contributed by atoms with Crippen molar-refractivity contribution in [3.8, 4) is 0 Å². The Hall–Kier alpha value is -1.11. The fraction of sp³-hybridized carbons (Fsp3) is 0.417. The lowest BCUT2D eigenvalue weighted by Gasteiger charge is -2.31. The van der Waals surface area contributed by atoms with Crippen LogP contribution in [0.2, 0.25) is 5.02 Å². The van der Waals surface area contributed by atoms with Gasteiger partial charge >= 0.3 is 5.97 Å². The smallest absolute Gasteiger partial charge is 0.324 e. The molecule has 1 aromatic rings. The zero-order valence-corrected chi connectivity index (χ0v) is 12.7. The molecule has 0 atom stereocenters. The van der Waals surface area contributed by atoms with E-state index in [2.05, 4.69) is 0 Å². The van der Waals surface area contributed by atoms with Crippen molar-refractivity contribution >= 4 is 27.6 Å². The predicted molar refractivity (Wildman–Crippen MR) is 72.9 cm³/mol. The fourth-order valence-corrected chi connectivity index (χ4v) is 3.40. The number of nitrogens with zero attached hydrogens (tertiary/aromatic N) is 1. The number of carbonyl (C=O) groups is 1. The molecule has 7 heteroatoms. The largest absolute Gasteiger partial charge is 0.480 e. The van der Waals surface area contributed by atoms with E-state index in [1.54, 1.807) is 19.1 Å². The Bertz CT molecular complexity index is 610. The zero-order chi connectivity index (χ0) is 15.0. The van der Waals surface area contributed by atoms with Crippen molar-refractivity contribution in [3.05, 3.63) is 28.8 Å². The number of hydrogen-bond donors (Lipinski definition) is 1. The average Bonchev–Trinajstić information content (AvgIpc) is 2.30. The van der Waals surface area contributed by atoms with E-state index in [0.717, 1.165) is 4.31 Å². The van der Waals surface area contributed by atoms with Gasteiger partial charge in [0.15, 0.2) is 0 Å². The molecule has 0 aliphatic carbocycles. The van der Waals surface area contributed by atoms with E-state index in [1.807, 2.05) is 0 Å². The van der Waals surface area contributed by atoms with Crippen LogP contribution in [-0.2, 0) is 14.8 Å². The molecule has 0 saturated carbocycles. The van der Waals surface area contributed by atoms with Gasteiger partial charge in [-0.3, -0.25) is 4.79 Å². The highest BCUT2D eigenvalue weighted by atomic mass is 35.5. The van der Waals surface area contributed by atoms with Crippen LogP contribution in [0, 0.1) is 6.92 Å². The second kappa shape index (κ2) is 5.11. The van der Waals surface area contributed by atoms with Gasteiger partial charge in [0, 0.05) is 12.1 Å². The molecule has 0 radical (unpaired) electrons. The van der Waals surface area contributed by atoms with Gasteiger partial charge in [-0.05, 0) is 38.5 Å². The maximum absolute atomic E-state index is 12.5. The van der Waals surface area contributed by atoms with E-state index < -0.39 is 21.5 Å². The first kappa shape index (κ1) is 15.9. The normalized spacial score (nSPS) is 12.7. The van der Waals surface area contributed by atoms with Crippen LogP contribution >= 0.6 is 11.6 Å². The Morgan fingerprint density at radius 2 is 1.89 bits per heavy atom. The van der Waals surface area contributed by atoms with Gasteiger partial charge in [0.2, 0.25) is 10.0 Å². The second-order valence-electron chi connectivity index (χ2n) is 4.75. The molecule has 0 saturated heterocycles. The number of sulfonamides is 1. The van der Waals surface area contributed by atoms with Gasteiger partial charge in [-0.2, -0.15) is 4.31 Å². The van der Waals surface area contributed by atoms with E-state index in [1.165, 1.54) is 27.0 Å². The first-order chi connectivity index (χ1) is 8.51. The Morgan fingerprint density at radius 1 is 1.37 bits per heavy atom. The van der Waals surface area contributed by atoms with Crippen molar-refractivity contribution in [3.63, 3.8) is 0 Å². The van der Waals surface area contributed by atoms with Gasteiger partial charge in [-0.1, -0.05) is 17.7 Å². The molecule has 106 valence electrons. The van der Waals surface area contributed by atoms with Crippen LogP contribution in [0.3, 0.4) is 0 Å². The molecule has 0 aliphatic heterocycles. The van der Waals surface area contributed by atoms with E-state index in [4.69, 9.17) is 16.7 Å². The molecule has 0 heterocycles. The lowest BCUT2D eigenvalue weighted by atomic mass is 10.1. The Balaban J connectivity index is 3.40. The minimum absolute atomic E-state index is 0.0109. The summed E-state index contributed by atoms with van der Waals surface area (Å²) in [7, 11) is -2.69. The summed E-state index contributed by atoms with van der Waals surface area (Å²) >= 11 is 5.81. The average molecular weight is 306 g/mol. The number of rotatable bonds is 4. The van der Waals surface area contributed by atoms with Crippen LogP contribution in [0.4, 0.5) is 0 Å².